The Kier molecular flexibility index (Phi) is 4.50. The van der Waals surface area contributed by atoms with Crippen molar-refractivity contribution in [3.8, 4) is 5.75 Å². The maximum absolute atomic E-state index is 12.0. The lowest BCUT2D eigenvalue weighted by molar-refractivity contribution is -0.385. The number of hydrogen-bond donors (Lipinski definition) is 1. The van der Waals surface area contributed by atoms with E-state index in [4.69, 9.17) is 4.74 Å². The van der Waals surface area contributed by atoms with Gasteiger partial charge in [0.2, 0.25) is 0 Å². The number of benzene rings is 1. The normalized spacial score (nSPS) is 10.1. The molecular formula is C13H14N4O4. The standard InChI is InChI=1S/C13H14N4O4/c1-21-12-5-3-2-4-11(12)13(18)14-6-7-16-9-10(8-15-16)17(19)20/h2-5,8-9H,6-7H2,1H3,(H,14,18). The molecule has 8 heteroatoms. The fourth-order valence-electron chi connectivity index (χ4n) is 1.78. The number of rotatable bonds is 6. The number of carbonyl (C=O) groups is 1. The summed E-state index contributed by atoms with van der Waals surface area (Å²) in [5, 5.41) is 17.1. The van der Waals surface area contributed by atoms with Gasteiger partial charge in [0.05, 0.1) is 24.1 Å². The van der Waals surface area contributed by atoms with Gasteiger partial charge in [-0.2, -0.15) is 5.10 Å². The summed E-state index contributed by atoms with van der Waals surface area (Å²) in [4.78, 5) is 22.0. The van der Waals surface area contributed by atoms with Crippen LogP contribution in [-0.4, -0.2) is 34.3 Å². The third-order valence-corrected chi connectivity index (χ3v) is 2.81. The topological polar surface area (TPSA) is 99.3 Å². The van der Waals surface area contributed by atoms with Gasteiger partial charge in [-0.1, -0.05) is 12.1 Å². The summed E-state index contributed by atoms with van der Waals surface area (Å²) in [5.41, 5.74) is 0.359. The Bertz CT molecular complexity index is 653. The summed E-state index contributed by atoms with van der Waals surface area (Å²) in [6.45, 7) is 0.643. The van der Waals surface area contributed by atoms with Crippen molar-refractivity contribution in [3.05, 3.63) is 52.3 Å². The first-order chi connectivity index (χ1) is 10.1. The SMILES string of the molecule is COc1ccccc1C(=O)NCCn1cc([N+](=O)[O-])cn1. The molecular weight excluding hydrogens is 276 g/mol. The number of para-hydroxylation sites is 1. The molecule has 0 radical (unpaired) electrons. The van der Waals surface area contributed by atoms with E-state index >= 15 is 0 Å². The van der Waals surface area contributed by atoms with Gasteiger partial charge in [0.25, 0.3) is 5.91 Å². The molecule has 8 nitrogen and oxygen atoms in total. The summed E-state index contributed by atoms with van der Waals surface area (Å²) < 4.78 is 6.51. The van der Waals surface area contributed by atoms with Crippen molar-refractivity contribution in [3.63, 3.8) is 0 Å². The Morgan fingerprint density at radius 3 is 2.90 bits per heavy atom. The van der Waals surface area contributed by atoms with Crippen LogP contribution in [0.3, 0.4) is 0 Å². The summed E-state index contributed by atoms with van der Waals surface area (Å²) >= 11 is 0. The maximum Gasteiger partial charge on any atom is 0.306 e. The monoisotopic (exact) mass is 290 g/mol. The lowest BCUT2D eigenvalue weighted by Crippen LogP contribution is -2.27. The summed E-state index contributed by atoms with van der Waals surface area (Å²) in [6, 6.07) is 6.88. The number of amides is 1. The second kappa shape index (κ2) is 6.51. The Hall–Kier alpha value is -2.90. The van der Waals surface area contributed by atoms with E-state index in [0.717, 1.165) is 0 Å². The number of carbonyl (C=O) groups excluding carboxylic acids is 1. The van der Waals surface area contributed by atoms with Gasteiger partial charge in [-0.3, -0.25) is 19.6 Å². The third-order valence-electron chi connectivity index (χ3n) is 2.81. The molecule has 0 aliphatic rings. The lowest BCUT2D eigenvalue weighted by atomic mass is 10.2. The molecule has 1 amide bonds. The van der Waals surface area contributed by atoms with Crippen LogP contribution >= 0.6 is 0 Å². The predicted octanol–water partition coefficient (Wildman–Crippen LogP) is 1.23. The van der Waals surface area contributed by atoms with Gasteiger partial charge in [0, 0.05) is 6.54 Å². The fourth-order valence-corrected chi connectivity index (χ4v) is 1.78. The highest BCUT2D eigenvalue weighted by molar-refractivity contribution is 5.96. The maximum atomic E-state index is 12.0. The molecule has 0 saturated heterocycles. The highest BCUT2D eigenvalue weighted by atomic mass is 16.6. The second-order valence-electron chi connectivity index (χ2n) is 4.17. The minimum Gasteiger partial charge on any atom is -0.496 e. The van der Waals surface area contributed by atoms with Gasteiger partial charge in [-0.15, -0.1) is 0 Å². The minimum atomic E-state index is -0.517. The smallest absolute Gasteiger partial charge is 0.306 e. The van der Waals surface area contributed by atoms with Crippen molar-refractivity contribution in [2.75, 3.05) is 13.7 Å². The first kappa shape index (κ1) is 14.5. The molecule has 1 aromatic carbocycles. The first-order valence-corrected chi connectivity index (χ1v) is 6.20. The van der Waals surface area contributed by atoms with Crippen LogP contribution in [0.4, 0.5) is 5.69 Å². The Morgan fingerprint density at radius 2 is 2.24 bits per heavy atom. The van der Waals surface area contributed by atoms with E-state index in [-0.39, 0.29) is 11.6 Å². The molecule has 2 rings (SSSR count). The number of hydrogen-bond acceptors (Lipinski definition) is 5. The number of nitro groups is 1. The van der Waals surface area contributed by atoms with Crippen molar-refractivity contribution in [2.24, 2.45) is 0 Å². The molecule has 0 bridgehead atoms. The zero-order chi connectivity index (χ0) is 15.2. The highest BCUT2D eigenvalue weighted by Crippen LogP contribution is 2.16. The molecule has 1 N–H and O–H groups in total. The molecule has 0 saturated carbocycles. The Morgan fingerprint density at radius 1 is 1.48 bits per heavy atom. The molecule has 0 unspecified atom stereocenters. The van der Waals surface area contributed by atoms with Crippen LogP contribution in [0.5, 0.6) is 5.75 Å². The predicted molar refractivity (Wildman–Crippen MR) is 74.2 cm³/mol. The zero-order valence-electron chi connectivity index (χ0n) is 11.4. The van der Waals surface area contributed by atoms with E-state index in [9.17, 15) is 14.9 Å². The number of nitrogens with zero attached hydrogens (tertiary/aromatic N) is 3. The number of methoxy groups -OCH3 is 1. The van der Waals surface area contributed by atoms with Crippen molar-refractivity contribution < 1.29 is 14.5 Å². The van der Waals surface area contributed by atoms with E-state index < -0.39 is 4.92 Å². The van der Waals surface area contributed by atoms with Crippen LogP contribution in [0.2, 0.25) is 0 Å². The average Bonchev–Trinajstić information content (AvgIpc) is 2.96. The van der Waals surface area contributed by atoms with E-state index in [1.807, 2.05) is 0 Å². The molecule has 0 fully saturated rings. The van der Waals surface area contributed by atoms with Gasteiger partial charge in [-0.25, -0.2) is 0 Å². The molecule has 21 heavy (non-hydrogen) atoms. The third kappa shape index (κ3) is 3.56. The van der Waals surface area contributed by atoms with Crippen LogP contribution in [0.15, 0.2) is 36.7 Å². The van der Waals surface area contributed by atoms with Crippen molar-refractivity contribution in [1.82, 2.24) is 15.1 Å². The molecule has 0 aliphatic heterocycles. The van der Waals surface area contributed by atoms with E-state index in [1.54, 1.807) is 24.3 Å². The fraction of sp³-hybridized carbons (Fsp3) is 0.231. The lowest BCUT2D eigenvalue weighted by Gasteiger charge is -2.08. The zero-order valence-corrected chi connectivity index (χ0v) is 11.4. The molecule has 110 valence electrons. The van der Waals surface area contributed by atoms with E-state index in [1.165, 1.54) is 24.2 Å². The summed E-state index contributed by atoms with van der Waals surface area (Å²) in [5.74, 6) is 0.221. The van der Waals surface area contributed by atoms with Gasteiger partial charge in [0.1, 0.15) is 18.1 Å². The molecule has 1 heterocycles. The van der Waals surface area contributed by atoms with Gasteiger partial charge in [-0.05, 0) is 12.1 Å². The van der Waals surface area contributed by atoms with Crippen LogP contribution in [-0.2, 0) is 6.54 Å². The van der Waals surface area contributed by atoms with Crippen LogP contribution < -0.4 is 10.1 Å². The second-order valence-corrected chi connectivity index (χ2v) is 4.17. The van der Waals surface area contributed by atoms with Crippen molar-refractivity contribution >= 4 is 11.6 Å². The highest BCUT2D eigenvalue weighted by Gasteiger charge is 2.11. The summed E-state index contributed by atoms with van der Waals surface area (Å²) in [6.07, 6.45) is 2.48. The Balaban J connectivity index is 1.90. The number of ether oxygens (including phenoxy) is 1. The molecule has 2 aromatic rings. The first-order valence-electron chi connectivity index (χ1n) is 6.20. The van der Waals surface area contributed by atoms with Crippen LogP contribution in [0, 0.1) is 10.1 Å². The van der Waals surface area contributed by atoms with E-state index in [0.29, 0.717) is 24.4 Å². The Labute approximate surface area is 120 Å². The average molecular weight is 290 g/mol. The molecule has 1 aromatic heterocycles. The molecule has 0 atom stereocenters. The molecule has 0 spiro atoms. The van der Waals surface area contributed by atoms with Crippen LogP contribution in [0.1, 0.15) is 10.4 Å². The largest absolute Gasteiger partial charge is 0.496 e. The van der Waals surface area contributed by atoms with Crippen molar-refractivity contribution in [1.29, 1.82) is 0 Å². The summed E-state index contributed by atoms with van der Waals surface area (Å²) in [7, 11) is 1.50. The molecule has 0 aliphatic carbocycles. The van der Waals surface area contributed by atoms with E-state index in [2.05, 4.69) is 10.4 Å². The van der Waals surface area contributed by atoms with Crippen molar-refractivity contribution in [2.45, 2.75) is 6.54 Å². The van der Waals surface area contributed by atoms with Gasteiger partial charge < -0.3 is 10.1 Å². The minimum absolute atomic E-state index is 0.0777. The van der Waals surface area contributed by atoms with Gasteiger partial charge >= 0.3 is 5.69 Å². The number of nitrogens with one attached hydrogen (secondary N) is 1. The quantitative estimate of drug-likeness (QED) is 0.637. The van der Waals surface area contributed by atoms with Gasteiger partial charge in [0.15, 0.2) is 0 Å². The number of aromatic nitrogens is 2. The van der Waals surface area contributed by atoms with Crippen LogP contribution in [0.25, 0.3) is 0 Å².